The molecule has 0 saturated carbocycles. The van der Waals surface area contributed by atoms with E-state index in [1.54, 1.807) is 16.2 Å². The number of aliphatic carboxylic acids is 1. The van der Waals surface area contributed by atoms with Crippen LogP contribution in [-0.2, 0) is 27.2 Å². The molecule has 0 saturated heterocycles. The highest BCUT2D eigenvalue weighted by molar-refractivity contribution is 7.12. The second kappa shape index (κ2) is 12.2. The third-order valence-corrected chi connectivity index (χ3v) is 6.39. The van der Waals surface area contributed by atoms with Crippen molar-refractivity contribution in [3.63, 3.8) is 0 Å². The second-order valence-corrected chi connectivity index (χ2v) is 8.97. The highest BCUT2D eigenvalue weighted by Gasteiger charge is 2.22. The van der Waals surface area contributed by atoms with E-state index >= 15 is 0 Å². The molecule has 2 heterocycles. The van der Waals surface area contributed by atoms with Crippen molar-refractivity contribution in [1.29, 1.82) is 5.41 Å². The summed E-state index contributed by atoms with van der Waals surface area (Å²) in [5.41, 5.74) is 12.4. The van der Waals surface area contributed by atoms with Gasteiger partial charge in [0.05, 0.1) is 6.04 Å². The van der Waals surface area contributed by atoms with Crippen molar-refractivity contribution in [2.45, 2.75) is 51.1 Å². The fourth-order valence-electron chi connectivity index (χ4n) is 3.30. The van der Waals surface area contributed by atoms with Crippen LogP contribution in [0.5, 0.6) is 0 Å². The van der Waals surface area contributed by atoms with E-state index in [1.165, 1.54) is 4.88 Å². The quantitative estimate of drug-likeness (QED) is 0.111. The number of carboxylic acid groups (broad SMARTS) is 1. The van der Waals surface area contributed by atoms with Crippen molar-refractivity contribution in [2.75, 3.05) is 19.6 Å². The Morgan fingerprint density at radius 2 is 2.00 bits per heavy atom. The molecule has 0 aliphatic carbocycles. The lowest BCUT2D eigenvalue weighted by atomic mass is 10.1. The molecular weight excluding hydrogens is 432 g/mol. The number of rotatable bonds is 12. The van der Waals surface area contributed by atoms with E-state index in [0.29, 0.717) is 25.9 Å². The predicted octanol–water partition coefficient (Wildman–Crippen LogP) is 0.172. The third-order valence-electron chi connectivity index (χ3n) is 5.14. The largest absolute Gasteiger partial charge is 0.480 e. The number of aryl methyl sites for hydroxylation is 1. The molecule has 2 amide bonds. The molecule has 0 aromatic carbocycles. The first-order valence-corrected chi connectivity index (χ1v) is 11.4. The summed E-state index contributed by atoms with van der Waals surface area (Å²) in [5.74, 6) is -1.78. The Balaban J connectivity index is 1.67. The SMILES string of the molecule is CCc1ccc(CC(NC(=O)CCCNC(=O)C(N)CC2=CCN(C(=N)N)C2)C(=O)O)s1. The lowest BCUT2D eigenvalue weighted by Crippen LogP contribution is -2.43. The normalized spacial score (nSPS) is 15.1. The Morgan fingerprint density at radius 3 is 2.59 bits per heavy atom. The lowest BCUT2D eigenvalue weighted by molar-refractivity contribution is -0.141. The molecule has 176 valence electrons. The van der Waals surface area contributed by atoms with E-state index in [2.05, 4.69) is 10.6 Å². The van der Waals surface area contributed by atoms with Crippen LogP contribution in [0.4, 0.5) is 0 Å². The number of nitrogens with zero attached hydrogens (tertiary/aromatic N) is 1. The number of guanidine groups is 1. The Morgan fingerprint density at radius 1 is 1.28 bits per heavy atom. The van der Waals surface area contributed by atoms with Crippen molar-refractivity contribution in [1.82, 2.24) is 15.5 Å². The van der Waals surface area contributed by atoms with Crippen molar-refractivity contribution in [3.05, 3.63) is 33.5 Å². The van der Waals surface area contributed by atoms with Crippen LogP contribution in [0, 0.1) is 5.41 Å². The first kappa shape index (κ1) is 25.3. The molecule has 1 aliphatic heterocycles. The summed E-state index contributed by atoms with van der Waals surface area (Å²) < 4.78 is 0. The van der Waals surface area contributed by atoms with Gasteiger partial charge in [0.1, 0.15) is 6.04 Å². The summed E-state index contributed by atoms with van der Waals surface area (Å²) in [6.45, 7) is 3.33. The van der Waals surface area contributed by atoms with E-state index in [9.17, 15) is 19.5 Å². The first-order chi connectivity index (χ1) is 15.2. The van der Waals surface area contributed by atoms with Gasteiger partial charge in [-0.15, -0.1) is 11.3 Å². The molecule has 1 aromatic rings. The summed E-state index contributed by atoms with van der Waals surface area (Å²) >= 11 is 1.55. The van der Waals surface area contributed by atoms with E-state index in [0.717, 1.165) is 16.9 Å². The topological polar surface area (TPSA) is 175 Å². The zero-order chi connectivity index (χ0) is 23.7. The maximum Gasteiger partial charge on any atom is 0.326 e. The van der Waals surface area contributed by atoms with Gasteiger partial charge in [0.25, 0.3) is 0 Å². The molecule has 8 N–H and O–H groups in total. The predicted molar refractivity (Wildman–Crippen MR) is 123 cm³/mol. The van der Waals surface area contributed by atoms with Gasteiger partial charge in [0.2, 0.25) is 11.8 Å². The molecule has 0 radical (unpaired) electrons. The zero-order valence-electron chi connectivity index (χ0n) is 18.2. The van der Waals surface area contributed by atoms with Crippen LogP contribution in [0.25, 0.3) is 0 Å². The molecule has 32 heavy (non-hydrogen) atoms. The van der Waals surface area contributed by atoms with Gasteiger partial charge < -0.3 is 32.1 Å². The molecule has 10 nitrogen and oxygen atoms in total. The minimum Gasteiger partial charge on any atom is -0.480 e. The monoisotopic (exact) mass is 464 g/mol. The molecular formula is C21H32N6O4S. The highest BCUT2D eigenvalue weighted by Crippen LogP contribution is 2.18. The molecule has 2 unspecified atom stereocenters. The van der Waals surface area contributed by atoms with Crippen molar-refractivity contribution in [2.24, 2.45) is 11.5 Å². The van der Waals surface area contributed by atoms with E-state index < -0.39 is 18.1 Å². The Kier molecular flexibility index (Phi) is 9.66. The second-order valence-electron chi connectivity index (χ2n) is 7.72. The minimum atomic E-state index is -1.08. The fourth-order valence-corrected chi connectivity index (χ4v) is 4.30. The van der Waals surface area contributed by atoms with Crippen molar-refractivity contribution < 1.29 is 19.5 Å². The molecule has 2 rings (SSSR count). The van der Waals surface area contributed by atoms with Gasteiger partial charge in [-0.05, 0) is 31.4 Å². The number of nitrogens with one attached hydrogen (secondary N) is 3. The van der Waals surface area contributed by atoms with Gasteiger partial charge >= 0.3 is 5.97 Å². The number of nitrogens with two attached hydrogens (primary N) is 2. The van der Waals surface area contributed by atoms with E-state index in [-0.39, 0.29) is 37.2 Å². The van der Waals surface area contributed by atoms with Crippen LogP contribution in [0.15, 0.2) is 23.8 Å². The highest BCUT2D eigenvalue weighted by atomic mass is 32.1. The van der Waals surface area contributed by atoms with Crippen LogP contribution >= 0.6 is 11.3 Å². The van der Waals surface area contributed by atoms with Crippen LogP contribution in [0.1, 0.15) is 35.9 Å². The molecule has 0 spiro atoms. The summed E-state index contributed by atoms with van der Waals surface area (Å²) in [7, 11) is 0. The van der Waals surface area contributed by atoms with Gasteiger partial charge in [-0.1, -0.05) is 18.6 Å². The summed E-state index contributed by atoms with van der Waals surface area (Å²) in [4.78, 5) is 39.6. The number of hydrogen-bond acceptors (Lipinski definition) is 6. The summed E-state index contributed by atoms with van der Waals surface area (Å²) in [6, 6.07) is 2.15. The maximum atomic E-state index is 12.2. The third kappa shape index (κ3) is 7.97. The summed E-state index contributed by atoms with van der Waals surface area (Å²) in [5, 5.41) is 22.1. The van der Waals surface area contributed by atoms with Crippen LogP contribution in [0.2, 0.25) is 0 Å². The van der Waals surface area contributed by atoms with Crippen LogP contribution < -0.4 is 22.1 Å². The molecule has 1 aliphatic rings. The Bertz CT molecular complexity index is 868. The molecule has 0 bridgehead atoms. The van der Waals surface area contributed by atoms with Crippen molar-refractivity contribution in [3.8, 4) is 0 Å². The zero-order valence-corrected chi connectivity index (χ0v) is 19.0. The number of carbonyl (C=O) groups is 3. The number of amides is 2. The van der Waals surface area contributed by atoms with Gasteiger partial charge in [0, 0.05) is 42.2 Å². The van der Waals surface area contributed by atoms with E-state index in [1.807, 2.05) is 25.1 Å². The first-order valence-electron chi connectivity index (χ1n) is 10.6. The average molecular weight is 465 g/mol. The minimum absolute atomic E-state index is 0.0150. The Labute approximate surface area is 191 Å². The van der Waals surface area contributed by atoms with Gasteiger partial charge in [-0.25, -0.2) is 4.79 Å². The van der Waals surface area contributed by atoms with Crippen molar-refractivity contribution >= 4 is 35.1 Å². The molecule has 2 atom stereocenters. The van der Waals surface area contributed by atoms with Gasteiger partial charge in [0.15, 0.2) is 5.96 Å². The molecule has 1 aromatic heterocycles. The standard InChI is InChI=1S/C21H32N6O4S/c1-2-14-5-6-15(32-14)11-17(20(30)31)26-18(28)4-3-8-25-19(29)16(22)10-13-7-9-27(12-13)21(23)24/h5-7,16-17H,2-4,8-12,22H2,1H3,(H3,23,24)(H,25,29)(H,26,28)(H,30,31). The van der Waals surface area contributed by atoms with Crippen LogP contribution in [-0.4, -0.2) is 65.5 Å². The molecule has 11 heteroatoms. The lowest BCUT2D eigenvalue weighted by Gasteiger charge is -2.17. The average Bonchev–Trinajstić information content (AvgIpc) is 3.39. The number of hydrogen-bond donors (Lipinski definition) is 6. The van der Waals surface area contributed by atoms with Gasteiger partial charge in [-0.2, -0.15) is 0 Å². The summed E-state index contributed by atoms with van der Waals surface area (Å²) in [6.07, 6.45) is 3.89. The fraction of sp³-hybridized carbons (Fsp3) is 0.524. The van der Waals surface area contributed by atoms with Gasteiger partial charge in [-0.3, -0.25) is 15.0 Å². The molecule has 0 fully saturated rings. The maximum absolute atomic E-state index is 12.2. The number of carbonyl (C=O) groups excluding carboxylic acids is 2. The van der Waals surface area contributed by atoms with E-state index in [4.69, 9.17) is 16.9 Å². The smallest absolute Gasteiger partial charge is 0.326 e. The van der Waals surface area contributed by atoms with Crippen LogP contribution in [0.3, 0.4) is 0 Å². The number of carboxylic acids is 1. The Hall–Kier alpha value is -2.92. The number of thiophene rings is 1.